The van der Waals surface area contributed by atoms with E-state index in [9.17, 15) is 5.11 Å². The van der Waals surface area contributed by atoms with Gasteiger partial charge in [0.25, 0.3) is 0 Å². The quantitative estimate of drug-likeness (QED) is 0.431. The van der Waals surface area contributed by atoms with E-state index in [0.29, 0.717) is 5.56 Å². The van der Waals surface area contributed by atoms with E-state index in [1.807, 2.05) is 29.1 Å². The van der Waals surface area contributed by atoms with Crippen LogP contribution in [0.15, 0.2) is 55.0 Å². The topological polar surface area (TPSA) is 66.6 Å². The van der Waals surface area contributed by atoms with Crippen molar-refractivity contribution in [3.05, 3.63) is 66.1 Å². The van der Waals surface area contributed by atoms with Gasteiger partial charge in [0.1, 0.15) is 0 Å². The van der Waals surface area contributed by atoms with E-state index in [1.54, 1.807) is 18.3 Å². The average molecular weight is 302 g/mol. The summed E-state index contributed by atoms with van der Waals surface area (Å²) in [6, 6.07) is 11.7. The number of hydrogen-bond acceptors (Lipinski definition) is 2. The number of nitrogens with zero attached hydrogens (tertiary/aromatic N) is 1. The molecule has 0 bridgehead atoms. The zero-order valence-corrected chi connectivity index (χ0v) is 12.2. The van der Waals surface area contributed by atoms with Gasteiger partial charge in [-0.15, -0.1) is 12.4 Å². The number of nitrogens with one attached hydrogen (secondary N) is 2. The third-order valence-electron chi connectivity index (χ3n) is 3.43. The Labute approximate surface area is 129 Å². The zero-order valence-electron chi connectivity index (χ0n) is 11.4. The van der Waals surface area contributed by atoms with Crippen molar-refractivity contribution < 1.29 is 9.67 Å². The molecule has 4 nitrogen and oxygen atoms in total. The minimum absolute atomic E-state index is 0. The SMILES string of the molecule is Cl.N=C([O-])c1ccc[n+](CCc2c[nH]c3ccccc23)c1. The normalized spacial score (nSPS) is 10.3. The van der Waals surface area contributed by atoms with Crippen LogP contribution in [0.25, 0.3) is 10.9 Å². The Morgan fingerprint density at radius 3 is 2.81 bits per heavy atom. The molecule has 21 heavy (non-hydrogen) atoms. The first-order valence-corrected chi connectivity index (χ1v) is 6.54. The number of pyridine rings is 1. The molecular formula is C16H16ClN3O. The van der Waals surface area contributed by atoms with Crippen molar-refractivity contribution in [2.24, 2.45) is 0 Å². The number of H-pyrrole nitrogens is 1. The molecule has 0 amide bonds. The van der Waals surface area contributed by atoms with Gasteiger partial charge in [0.05, 0.1) is 0 Å². The van der Waals surface area contributed by atoms with Gasteiger partial charge in [-0.2, -0.15) is 0 Å². The number of hydrogen-bond donors (Lipinski definition) is 2. The number of halogens is 1. The summed E-state index contributed by atoms with van der Waals surface area (Å²) in [4.78, 5) is 3.26. The lowest BCUT2D eigenvalue weighted by molar-refractivity contribution is -0.696. The Hall–Kier alpha value is -2.33. The first kappa shape index (κ1) is 15.1. The number of benzene rings is 1. The Bertz CT molecular complexity index is 767. The second-order valence-corrected chi connectivity index (χ2v) is 4.77. The van der Waals surface area contributed by atoms with Crippen molar-refractivity contribution in [2.75, 3.05) is 0 Å². The lowest BCUT2D eigenvalue weighted by Crippen LogP contribution is -2.35. The second kappa shape index (κ2) is 6.41. The number of para-hydroxylation sites is 1. The van der Waals surface area contributed by atoms with Crippen LogP contribution in [0.4, 0.5) is 0 Å². The summed E-state index contributed by atoms with van der Waals surface area (Å²) in [6.45, 7) is 0.781. The molecule has 3 aromatic rings. The molecule has 0 unspecified atom stereocenters. The van der Waals surface area contributed by atoms with Crippen molar-refractivity contribution >= 4 is 29.2 Å². The van der Waals surface area contributed by atoms with Gasteiger partial charge in [0.2, 0.25) is 0 Å². The van der Waals surface area contributed by atoms with Crippen molar-refractivity contribution in [3.8, 4) is 0 Å². The molecule has 0 spiro atoms. The van der Waals surface area contributed by atoms with Crippen molar-refractivity contribution in [1.29, 1.82) is 5.41 Å². The van der Waals surface area contributed by atoms with E-state index in [0.717, 1.165) is 18.5 Å². The molecule has 2 heterocycles. The van der Waals surface area contributed by atoms with Crippen LogP contribution in [0.5, 0.6) is 0 Å². The van der Waals surface area contributed by atoms with Crippen LogP contribution < -0.4 is 9.67 Å². The van der Waals surface area contributed by atoms with E-state index in [-0.39, 0.29) is 12.4 Å². The summed E-state index contributed by atoms with van der Waals surface area (Å²) in [5.74, 6) is -0.647. The van der Waals surface area contributed by atoms with Gasteiger partial charge in [-0.05, 0) is 23.6 Å². The Kier molecular flexibility index (Phi) is 4.60. The van der Waals surface area contributed by atoms with Crippen molar-refractivity contribution in [3.63, 3.8) is 0 Å². The number of rotatable bonds is 4. The molecule has 0 fully saturated rings. The van der Waals surface area contributed by atoms with Crippen molar-refractivity contribution in [1.82, 2.24) is 4.98 Å². The highest BCUT2D eigenvalue weighted by molar-refractivity contribution is 5.87. The molecule has 108 valence electrons. The molecule has 1 aromatic carbocycles. The first-order valence-electron chi connectivity index (χ1n) is 6.54. The predicted octanol–water partition coefficient (Wildman–Crippen LogP) is 1.81. The monoisotopic (exact) mass is 301 g/mol. The van der Waals surface area contributed by atoms with E-state index >= 15 is 0 Å². The summed E-state index contributed by atoms with van der Waals surface area (Å²) in [5.41, 5.74) is 2.82. The maximum atomic E-state index is 11.1. The highest BCUT2D eigenvalue weighted by Crippen LogP contribution is 2.17. The third kappa shape index (κ3) is 3.23. The molecule has 3 rings (SSSR count). The average Bonchev–Trinajstić information content (AvgIpc) is 2.89. The fourth-order valence-corrected chi connectivity index (χ4v) is 2.38. The van der Waals surface area contributed by atoms with Crippen LogP contribution in [-0.2, 0) is 13.0 Å². The van der Waals surface area contributed by atoms with Crippen LogP contribution in [0.3, 0.4) is 0 Å². The molecule has 0 aliphatic carbocycles. The number of aromatic amines is 1. The van der Waals surface area contributed by atoms with Crippen molar-refractivity contribution in [2.45, 2.75) is 13.0 Å². The first-order chi connectivity index (χ1) is 9.74. The van der Waals surface area contributed by atoms with Crippen LogP contribution in [0.2, 0.25) is 0 Å². The predicted molar refractivity (Wildman–Crippen MR) is 82.7 cm³/mol. The minimum Gasteiger partial charge on any atom is -0.859 e. The largest absolute Gasteiger partial charge is 0.859 e. The van der Waals surface area contributed by atoms with E-state index in [4.69, 9.17) is 5.41 Å². The molecule has 0 saturated heterocycles. The summed E-state index contributed by atoms with van der Waals surface area (Å²) in [5, 5.41) is 19.4. The smallest absolute Gasteiger partial charge is 0.176 e. The molecule has 2 aromatic heterocycles. The minimum atomic E-state index is -0.647. The van der Waals surface area contributed by atoms with E-state index < -0.39 is 5.90 Å². The standard InChI is InChI=1S/C16H15N3O.ClH/c17-16(20)13-4-3-8-19(11-13)9-7-12-10-18-15-6-2-1-5-14(12)15;/h1-6,8,10-11,18H,7,9H2,(H-,17,20);1H. The van der Waals surface area contributed by atoms with Gasteiger partial charge in [-0.3, -0.25) is 0 Å². The summed E-state index contributed by atoms with van der Waals surface area (Å²) in [7, 11) is 0. The van der Waals surface area contributed by atoms with Gasteiger partial charge >= 0.3 is 0 Å². The Morgan fingerprint density at radius 1 is 1.19 bits per heavy atom. The third-order valence-corrected chi connectivity index (χ3v) is 3.43. The van der Waals surface area contributed by atoms with Crippen LogP contribution in [0, 0.1) is 5.41 Å². The highest BCUT2D eigenvalue weighted by Gasteiger charge is 2.07. The van der Waals surface area contributed by atoms with Gasteiger partial charge < -0.3 is 15.5 Å². The van der Waals surface area contributed by atoms with Gasteiger partial charge in [0, 0.05) is 35.2 Å². The zero-order chi connectivity index (χ0) is 13.9. The Morgan fingerprint density at radius 2 is 2.00 bits per heavy atom. The summed E-state index contributed by atoms with van der Waals surface area (Å²) in [6.07, 6.45) is 6.56. The fraction of sp³-hybridized carbons (Fsp3) is 0.125. The van der Waals surface area contributed by atoms with Crippen LogP contribution >= 0.6 is 12.4 Å². The maximum absolute atomic E-state index is 11.1. The maximum Gasteiger partial charge on any atom is 0.176 e. The number of aryl methyl sites for hydroxylation is 2. The molecule has 0 radical (unpaired) electrons. The molecule has 2 N–H and O–H groups in total. The highest BCUT2D eigenvalue weighted by atomic mass is 35.5. The molecule has 0 aliphatic rings. The van der Waals surface area contributed by atoms with Crippen LogP contribution in [-0.4, -0.2) is 10.9 Å². The van der Waals surface area contributed by atoms with Crippen LogP contribution in [0.1, 0.15) is 11.1 Å². The summed E-state index contributed by atoms with van der Waals surface area (Å²) < 4.78 is 1.95. The molecule has 0 saturated carbocycles. The molecule has 0 atom stereocenters. The van der Waals surface area contributed by atoms with E-state index in [2.05, 4.69) is 17.1 Å². The molecular weight excluding hydrogens is 286 g/mol. The van der Waals surface area contributed by atoms with Gasteiger partial charge in [0.15, 0.2) is 18.9 Å². The summed E-state index contributed by atoms with van der Waals surface area (Å²) >= 11 is 0. The van der Waals surface area contributed by atoms with Gasteiger partial charge in [-0.25, -0.2) is 4.57 Å². The Balaban J connectivity index is 0.00000161. The lowest BCUT2D eigenvalue weighted by atomic mass is 10.1. The molecule has 0 aliphatic heterocycles. The fourth-order valence-electron chi connectivity index (χ4n) is 2.38. The van der Waals surface area contributed by atoms with E-state index in [1.165, 1.54) is 10.9 Å². The second-order valence-electron chi connectivity index (χ2n) is 4.77. The number of aromatic nitrogens is 2. The van der Waals surface area contributed by atoms with Gasteiger partial charge in [-0.1, -0.05) is 18.2 Å². The number of fused-ring (bicyclic) bond motifs is 1. The lowest BCUT2D eigenvalue weighted by Gasteiger charge is -2.05. The molecule has 5 heteroatoms.